The summed E-state index contributed by atoms with van der Waals surface area (Å²) in [5.74, 6) is -1.70. The first-order valence-electron chi connectivity index (χ1n) is 4.41. The number of hydrogen-bond donors (Lipinski definition) is 7. The highest BCUT2D eigenvalue weighted by Gasteiger charge is 2.48. The van der Waals surface area contributed by atoms with Crippen LogP contribution >= 0.6 is 0 Å². The van der Waals surface area contributed by atoms with Crippen LogP contribution in [0.25, 0.3) is 1.43 Å². The van der Waals surface area contributed by atoms with Crippen LogP contribution in [0.2, 0.25) is 0 Å². The molecule has 0 bridgehead atoms. The van der Waals surface area contributed by atoms with Gasteiger partial charge < -0.3 is 35.7 Å². The minimum absolute atomic E-state index is 0.935. The molecule has 0 rings (SSSR count). The molecule has 7 N–H and O–H groups in total. The molecule has 0 saturated carbocycles. The Morgan fingerprint density at radius 3 is 2.20 bits per heavy atom. The molecule has 0 spiro atoms. The zero-order chi connectivity index (χ0) is 12.9. The molecule has 0 unspecified atom stereocenters. The van der Waals surface area contributed by atoms with Gasteiger partial charge in [-0.15, -0.1) is 0 Å². The fourth-order valence-corrected chi connectivity index (χ4v) is 0.880. The number of hydrogen-bond acceptors (Lipinski definition) is 8. The first-order chi connectivity index (χ1) is 7.34. The second-order valence-electron chi connectivity index (χ2n) is 3.06. The molecule has 8 nitrogen and oxygen atoms in total. The summed E-state index contributed by atoms with van der Waals surface area (Å²) in [4.78, 5) is 10.9. The summed E-state index contributed by atoms with van der Waals surface area (Å²) in [5.41, 5.74) is -2.95. The molecule has 15 heavy (non-hydrogen) atoms. The van der Waals surface area contributed by atoms with Crippen LogP contribution in [0.3, 0.4) is 0 Å². The summed E-state index contributed by atoms with van der Waals surface area (Å²) >= 11 is 0. The van der Waals surface area contributed by atoms with E-state index in [1.807, 2.05) is 0 Å². The number of carboxylic acid groups (broad SMARTS) is 1. The van der Waals surface area contributed by atoms with Crippen LogP contribution in [-0.4, -0.2) is 78.8 Å². The van der Waals surface area contributed by atoms with Crippen molar-refractivity contribution in [2.45, 2.75) is 23.9 Å². The minimum Gasteiger partial charge on any atom is -0.479 e. The van der Waals surface area contributed by atoms with Crippen LogP contribution in [0.4, 0.5) is 0 Å². The van der Waals surface area contributed by atoms with E-state index in [-0.39, 0.29) is 0 Å². The molecule has 0 aromatic carbocycles. The van der Waals surface area contributed by atoms with Crippen LogP contribution in [-0.2, 0) is 4.79 Å². The molecule has 0 aliphatic heterocycles. The van der Waals surface area contributed by atoms with Crippen molar-refractivity contribution in [1.82, 2.24) is 0 Å². The van der Waals surface area contributed by atoms with Gasteiger partial charge in [0, 0.05) is 0 Å². The molecular weight excluding hydrogens is 212 g/mol. The van der Waals surface area contributed by atoms with Crippen molar-refractivity contribution < 1.29 is 40.5 Å². The van der Waals surface area contributed by atoms with E-state index < -0.39 is 43.1 Å². The van der Waals surface area contributed by atoms with Gasteiger partial charge in [-0.05, 0) is 0 Å². The number of carbonyl (C=O) groups is 1. The maximum atomic E-state index is 10.9. The van der Waals surface area contributed by atoms with Crippen LogP contribution in [0, 0.1) is 0 Å². The van der Waals surface area contributed by atoms with Crippen LogP contribution < -0.4 is 0 Å². The normalized spacial score (nSPS) is 22.1. The third kappa shape index (κ3) is 2.84. The molecule has 0 radical (unpaired) electrons. The van der Waals surface area contributed by atoms with Gasteiger partial charge in [-0.2, -0.15) is 0 Å². The van der Waals surface area contributed by atoms with E-state index in [0.29, 0.717) is 0 Å². The van der Waals surface area contributed by atoms with Gasteiger partial charge in [0.15, 0.2) is 0 Å². The van der Waals surface area contributed by atoms with Gasteiger partial charge in [0.05, 0.1) is 13.2 Å². The maximum Gasteiger partial charge on any atom is 0.341 e. The van der Waals surface area contributed by atoms with Gasteiger partial charge >= 0.3 is 5.97 Å². The lowest BCUT2D eigenvalue weighted by atomic mass is 9.91. The standard InChI is InChI=1S/C7H14O8/c8-1-3(10)4(11)5(12)7(15,2-9)6(13)14/h3-5,8-12,15H,1-2H2,(H,13,14)/t3-,4-,5+,7+/m1/s1/i/hD. The van der Waals surface area contributed by atoms with E-state index in [4.69, 9.17) is 16.8 Å². The van der Waals surface area contributed by atoms with Crippen molar-refractivity contribution in [2.24, 2.45) is 0 Å². The molecule has 0 heterocycles. The van der Waals surface area contributed by atoms with Crippen LogP contribution in [0.5, 0.6) is 0 Å². The van der Waals surface area contributed by atoms with Gasteiger partial charge in [0.25, 0.3) is 1.43 Å². The highest BCUT2D eigenvalue weighted by Crippen LogP contribution is 2.16. The Hall–Kier alpha value is -0.770. The number of aliphatic hydroxyl groups is 6. The molecule has 0 saturated heterocycles. The van der Waals surface area contributed by atoms with Crippen molar-refractivity contribution >= 4 is 5.97 Å². The van der Waals surface area contributed by atoms with E-state index in [1.165, 1.54) is 0 Å². The summed E-state index contributed by atoms with van der Waals surface area (Å²) in [6.07, 6.45) is -6.25. The molecule has 0 aliphatic carbocycles. The Balaban J connectivity index is 4.89. The second-order valence-corrected chi connectivity index (χ2v) is 3.06. The molecule has 0 aromatic heterocycles. The Morgan fingerprint density at radius 1 is 1.33 bits per heavy atom. The van der Waals surface area contributed by atoms with Crippen LogP contribution in [0.1, 0.15) is 0 Å². The van der Waals surface area contributed by atoms with Crippen molar-refractivity contribution in [3.05, 3.63) is 0 Å². The highest BCUT2D eigenvalue weighted by atomic mass is 16.4. The lowest BCUT2D eigenvalue weighted by Crippen LogP contribution is -2.60. The predicted molar refractivity (Wildman–Crippen MR) is 44.8 cm³/mol. The summed E-state index contributed by atoms with van der Waals surface area (Å²) in [5, 5.41) is 57.5. The van der Waals surface area contributed by atoms with Gasteiger partial charge in [0.2, 0.25) is 5.60 Å². The van der Waals surface area contributed by atoms with Gasteiger partial charge in [-0.1, -0.05) is 0 Å². The summed E-state index contributed by atoms with van der Waals surface area (Å²) in [6, 6.07) is 0. The quantitative estimate of drug-likeness (QED) is 0.241. The zero-order valence-corrected chi connectivity index (χ0v) is 7.65. The lowest BCUT2D eigenvalue weighted by molar-refractivity contribution is -0.198. The van der Waals surface area contributed by atoms with Crippen molar-refractivity contribution in [1.29, 1.82) is 1.43 Å². The first-order valence-corrected chi connectivity index (χ1v) is 4.01. The third-order valence-electron chi connectivity index (χ3n) is 1.99. The molecule has 90 valence electrons. The number of carboxylic acids is 1. The number of rotatable bonds is 6. The summed E-state index contributed by atoms with van der Waals surface area (Å²) in [6.45, 7) is -2.27. The molecule has 8 heteroatoms. The predicted octanol–water partition coefficient (Wildman–Crippen LogP) is -4.13. The number of aliphatic hydroxyl groups excluding tert-OH is 5. The first kappa shape index (κ1) is 12.3. The smallest absolute Gasteiger partial charge is 0.341 e. The van der Waals surface area contributed by atoms with Gasteiger partial charge in [-0.25, -0.2) is 4.79 Å². The van der Waals surface area contributed by atoms with E-state index in [1.54, 1.807) is 0 Å². The Kier molecular flexibility index (Phi) is 4.39. The summed E-state index contributed by atoms with van der Waals surface area (Å²) in [7, 11) is 0. The lowest BCUT2D eigenvalue weighted by Gasteiger charge is -2.31. The van der Waals surface area contributed by atoms with Crippen LogP contribution in [0.15, 0.2) is 0 Å². The van der Waals surface area contributed by atoms with E-state index in [0.717, 1.165) is 0 Å². The van der Waals surface area contributed by atoms with Gasteiger partial charge in [0.1, 0.15) is 18.3 Å². The average Bonchev–Trinajstić information content (AvgIpc) is 2.33. The third-order valence-corrected chi connectivity index (χ3v) is 1.99. The molecule has 0 amide bonds. The SMILES string of the molecule is [2H]OC(=O)[C@](O)(CO)[C@@H](O)[C@H](O)[C@H](O)CO. The zero-order valence-electron chi connectivity index (χ0n) is 8.65. The molecule has 0 aromatic rings. The number of aliphatic carboxylic acids is 1. The Bertz CT molecular complexity index is 236. The Morgan fingerprint density at radius 2 is 1.87 bits per heavy atom. The minimum atomic E-state index is -2.95. The maximum absolute atomic E-state index is 10.9. The molecular formula is C7H14O8. The van der Waals surface area contributed by atoms with Crippen molar-refractivity contribution in [3.8, 4) is 0 Å². The van der Waals surface area contributed by atoms with Crippen molar-refractivity contribution in [2.75, 3.05) is 13.2 Å². The Labute approximate surface area is 86.1 Å². The van der Waals surface area contributed by atoms with E-state index in [2.05, 4.69) is 5.11 Å². The van der Waals surface area contributed by atoms with Gasteiger partial charge in [-0.3, -0.25) is 0 Å². The second kappa shape index (κ2) is 5.35. The summed E-state index contributed by atoms with van der Waals surface area (Å²) < 4.78 is 6.23. The fourth-order valence-electron chi connectivity index (χ4n) is 0.880. The molecule has 0 aliphatic rings. The fraction of sp³-hybridized carbons (Fsp3) is 0.857. The highest BCUT2D eigenvalue weighted by molar-refractivity contribution is 5.78. The molecule has 4 atom stereocenters. The average molecular weight is 227 g/mol. The molecule has 0 fully saturated rings. The largest absolute Gasteiger partial charge is 0.479 e. The van der Waals surface area contributed by atoms with Crippen molar-refractivity contribution in [3.63, 3.8) is 0 Å². The monoisotopic (exact) mass is 227 g/mol. The van der Waals surface area contributed by atoms with E-state index in [9.17, 15) is 20.1 Å². The van der Waals surface area contributed by atoms with E-state index >= 15 is 0 Å². The topological polar surface area (TPSA) is 159 Å².